The summed E-state index contributed by atoms with van der Waals surface area (Å²) < 4.78 is 2.94. The van der Waals surface area contributed by atoms with Crippen molar-refractivity contribution in [3.05, 3.63) is 63.2 Å². The maximum atomic E-state index is 12.5. The highest BCUT2D eigenvalue weighted by Crippen LogP contribution is 2.29. The van der Waals surface area contributed by atoms with Gasteiger partial charge in [-0.05, 0) is 36.6 Å². The van der Waals surface area contributed by atoms with E-state index in [1.807, 2.05) is 18.4 Å². The van der Waals surface area contributed by atoms with Crippen LogP contribution in [0.3, 0.4) is 0 Å². The topological polar surface area (TPSA) is 96.8 Å². The lowest BCUT2D eigenvalue weighted by Crippen LogP contribution is -2.34. The van der Waals surface area contributed by atoms with Crippen LogP contribution in [0.2, 0.25) is 0 Å². The van der Waals surface area contributed by atoms with E-state index in [0.29, 0.717) is 11.1 Å². The number of fused-ring (bicyclic) bond motifs is 2. The molecule has 0 aliphatic heterocycles. The van der Waals surface area contributed by atoms with Gasteiger partial charge >= 0.3 is 0 Å². The molecular formula is C18H14N4O3S2. The van der Waals surface area contributed by atoms with Crippen LogP contribution in [0.4, 0.5) is 5.69 Å². The number of nitrogens with one attached hydrogen (secondary N) is 2. The average molecular weight is 398 g/mol. The Bertz CT molecular complexity index is 1290. The van der Waals surface area contributed by atoms with E-state index in [4.69, 9.17) is 0 Å². The zero-order valence-corrected chi connectivity index (χ0v) is 15.8. The van der Waals surface area contributed by atoms with Gasteiger partial charge in [0.05, 0.1) is 21.0 Å². The summed E-state index contributed by atoms with van der Waals surface area (Å²) in [5.41, 5.74) is 0.661. The van der Waals surface area contributed by atoms with Crippen LogP contribution in [0.5, 0.6) is 0 Å². The maximum Gasteiger partial charge on any atom is 0.273 e. The fourth-order valence-corrected chi connectivity index (χ4v) is 4.30. The molecule has 0 spiro atoms. The van der Waals surface area contributed by atoms with E-state index in [-0.39, 0.29) is 11.9 Å². The first kappa shape index (κ1) is 17.5. The van der Waals surface area contributed by atoms with Crippen molar-refractivity contribution in [2.45, 2.75) is 10.9 Å². The predicted octanol–water partition coefficient (Wildman–Crippen LogP) is 2.66. The molecule has 0 saturated heterocycles. The number of aromatic nitrogens is 3. The summed E-state index contributed by atoms with van der Waals surface area (Å²) in [5.74, 6) is -0.406. The van der Waals surface area contributed by atoms with Crippen LogP contribution in [0, 0.1) is 0 Å². The predicted molar refractivity (Wildman–Crippen MR) is 109 cm³/mol. The minimum Gasteiger partial charge on any atom is -0.324 e. The van der Waals surface area contributed by atoms with E-state index >= 15 is 0 Å². The Morgan fingerprint density at radius 3 is 2.78 bits per heavy atom. The van der Waals surface area contributed by atoms with Gasteiger partial charge in [-0.2, -0.15) is 0 Å². The number of H-pyrrole nitrogens is 1. The van der Waals surface area contributed by atoms with Crippen molar-refractivity contribution in [2.75, 3.05) is 11.6 Å². The van der Waals surface area contributed by atoms with Crippen molar-refractivity contribution < 1.29 is 4.79 Å². The normalized spacial score (nSPS) is 11.1. The molecule has 0 radical (unpaired) electrons. The van der Waals surface area contributed by atoms with Crippen molar-refractivity contribution in [2.24, 2.45) is 0 Å². The molecule has 9 heteroatoms. The molecule has 1 amide bonds. The van der Waals surface area contributed by atoms with Crippen LogP contribution in [0.15, 0.2) is 56.4 Å². The van der Waals surface area contributed by atoms with E-state index in [9.17, 15) is 14.4 Å². The fourth-order valence-electron chi connectivity index (χ4n) is 2.77. The Hall–Kier alpha value is -2.91. The van der Waals surface area contributed by atoms with E-state index in [1.54, 1.807) is 53.4 Å². The largest absolute Gasteiger partial charge is 0.324 e. The summed E-state index contributed by atoms with van der Waals surface area (Å²) in [6.45, 7) is -0.282. The van der Waals surface area contributed by atoms with Gasteiger partial charge in [-0.15, -0.1) is 11.3 Å². The quantitative estimate of drug-likeness (QED) is 0.515. The standard InChI is InChI=1S/C18H14N4O3S2/c1-26-18-20-13-7-6-10(8-14(13)27-18)19-15(23)9-22-17(25)12-5-3-2-4-11(12)16(24)21-22/h2-8H,9H2,1H3,(H,19,23)(H,21,24). The molecule has 0 fully saturated rings. The van der Waals surface area contributed by atoms with Crippen molar-refractivity contribution in [1.82, 2.24) is 14.8 Å². The summed E-state index contributed by atoms with van der Waals surface area (Å²) in [7, 11) is 0. The van der Waals surface area contributed by atoms with Gasteiger partial charge in [0, 0.05) is 5.69 Å². The second-order valence-electron chi connectivity index (χ2n) is 5.79. The number of nitrogens with zero attached hydrogens (tertiary/aromatic N) is 2. The molecule has 0 bridgehead atoms. The zero-order chi connectivity index (χ0) is 19.0. The number of carbonyl (C=O) groups excluding carboxylic acids is 1. The molecule has 136 valence electrons. The molecule has 2 aromatic carbocycles. The Balaban J connectivity index is 1.59. The van der Waals surface area contributed by atoms with Gasteiger partial charge in [-0.1, -0.05) is 23.9 Å². The summed E-state index contributed by atoms with van der Waals surface area (Å²) in [5, 5.41) is 5.80. The van der Waals surface area contributed by atoms with Gasteiger partial charge in [0.15, 0.2) is 4.34 Å². The first-order chi connectivity index (χ1) is 13.0. The zero-order valence-electron chi connectivity index (χ0n) is 14.2. The molecule has 2 aromatic heterocycles. The number of thiazole rings is 1. The highest BCUT2D eigenvalue weighted by molar-refractivity contribution is 8.00. The second-order valence-corrected chi connectivity index (χ2v) is 7.88. The fraction of sp³-hybridized carbons (Fsp3) is 0.111. The van der Waals surface area contributed by atoms with E-state index in [2.05, 4.69) is 15.4 Å². The molecule has 0 aliphatic rings. The van der Waals surface area contributed by atoms with E-state index in [0.717, 1.165) is 19.2 Å². The summed E-state index contributed by atoms with van der Waals surface area (Å²) >= 11 is 3.11. The molecular weight excluding hydrogens is 384 g/mol. The Kier molecular flexibility index (Phi) is 4.54. The third-order valence-electron chi connectivity index (χ3n) is 4.01. The third kappa shape index (κ3) is 3.38. The third-order valence-corrected chi connectivity index (χ3v) is 6.02. The Labute approximate surface area is 161 Å². The van der Waals surface area contributed by atoms with Crippen molar-refractivity contribution >= 4 is 55.7 Å². The molecule has 4 aromatic rings. The van der Waals surface area contributed by atoms with E-state index in [1.165, 1.54) is 0 Å². The van der Waals surface area contributed by atoms with Crippen LogP contribution >= 0.6 is 23.1 Å². The monoisotopic (exact) mass is 398 g/mol. The number of anilines is 1. The van der Waals surface area contributed by atoms with Gasteiger partial charge in [-0.25, -0.2) is 9.67 Å². The van der Waals surface area contributed by atoms with Gasteiger partial charge in [-0.3, -0.25) is 19.5 Å². The Morgan fingerprint density at radius 2 is 2.00 bits per heavy atom. The van der Waals surface area contributed by atoms with Crippen LogP contribution in [-0.4, -0.2) is 26.9 Å². The molecule has 0 unspecified atom stereocenters. The number of amides is 1. The van der Waals surface area contributed by atoms with Crippen LogP contribution in [-0.2, 0) is 11.3 Å². The van der Waals surface area contributed by atoms with Crippen molar-refractivity contribution in [3.8, 4) is 0 Å². The number of hydrogen-bond acceptors (Lipinski definition) is 6. The maximum absolute atomic E-state index is 12.5. The number of thioether (sulfide) groups is 1. The molecule has 7 nitrogen and oxygen atoms in total. The van der Waals surface area contributed by atoms with E-state index < -0.39 is 17.0 Å². The highest BCUT2D eigenvalue weighted by Gasteiger charge is 2.11. The minimum absolute atomic E-state index is 0.282. The molecule has 4 rings (SSSR count). The number of hydrogen-bond donors (Lipinski definition) is 2. The first-order valence-electron chi connectivity index (χ1n) is 8.01. The lowest BCUT2D eigenvalue weighted by atomic mass is 10.2. The van der Waals surface area contributed by atoms with Crippen LogP contribution < -0.4 is 16.4 Å². The Morgan fingerprint density at radius 1 is 1.22 bits per heavy atom. The SMILES string of the molecule is CSc1nc2ccc(NC(=O)Cn3[nH]c(=O)c4ccccc4c3=O)cc2s1. The average Bonchev–Trinajstić information content (AvgIpc) is 3.08. The van der Waals surface area contributed by atoms with Crippen molar-refractivity contribution in [1.29, 1.82) is 0 Å². The molecule has 2 N–H and O–H groups in total. The van der Waals surface area contributed by atoms with Gasteiger partial charge in [0.2, 0.25) is 5.91 Å². The number of rotatable bonds is 4. The summed E-state index contributed by atoms with van der Waals surface area (Å²) in [4.78, 5) is 41.4. The molecule has 0 atom stereocenters. The number of aromatic amines is 1. The van der Waals surface area contributed by atoms with Crippen LogP contribution in [0.1, 0.15) is 0 Å². The van der Waals surface area contributed by atoms with Crippen LogP contribution in [0.25, 0.3) is 21.0 Å². The van der Waals surface area contributed by atoms with Crippen molar-refractivity contribution in [3.63, 3.8) is 0 Å². The van der Waals surface area contributed by atoms with Gasteiger partial charge < -0.3 is 5.32 Å². The van der Waals surface area contributed by atoms with Gasteiger partial charge in [0.1, 0.15) is 6.54 Å². The second kappa shape index (κ2) is 7.01. The number of carbonyl (C=O) groups is 1. The molecule has 2 heterocycles. The summed E-state index contributed by atoms with van der Waals surface area (Å²) in [6.07, 6.45) is 1.96. The molecule has 0 aliphatic carbocycles. The number of benzene rings is 2. The first-order valence-corrected chi connectivity index (χ1v) is 10.1. The van der Waals surface area contributed by atoms with Gasteiger partial charge in [0.25, 0.3) is 11.1 Å². The smallest absolute Gasteiger partial charge is 0.273 e. The highest BCUT2D eigenvalue weighted by atomic mass is 32.2. The molecule has 0 saturated carbocycles. The summed E-state index contributed by atoms with van der Waals surface area (Å²) in [6, 6.07) is 12.0. The lowest BCUT2D eigenvalue weighted by molar-refractivity contribution is -0.117. The lowest BCUT2D eigenvalue weighted by Gasteiger charge is -2.08. The molecule has 27 heavy (non-hydrogen) atoms. The minimum atomic E-state index is -0.414.